The Balaban J connectivity index is 1.90. The molecule has 23 heavy (non-hydrogen) atoms. The van der Waals surface area contributed by atoms with Gasteiger partial charge < -0.3 is 11.1 Å². The molecule has 0 atom stereocenters. The molecule has 0 aliphatic carbocycles. The number of para-hydroxylation sites is 1. The van der Waals surface area contributed by atoms with Crippen molar-refractivity contribution in [1.82, 2.24) is 15.3 Å². The van der Waals surface area contributed by atoms with Crippen molar-refractivity contribution >= 4 is 22.8 Å². The van der Waals surface area contributed by atoms with Crippen molar-refractivity contribution in [2.75, 3.05) is 5.73 Å². The van der Waals surface area contributed by atoms with E-state index in [2.05, 4.69) is 15.3 Å². The number of amides is 1. The van der Waals surface area contributed by atoms with E-state index >= 15 is 0 Å². The Morgan fingerprint density at radius 3 is 2.78 bits per heavy atom. The fourth-order valence-corrected chi connectivity index (χ4v) is 2.40. The average Bonchev–Trinajstić information content (AvgIpc) is 2.53. The van der Waals surface area contributed by atoms with E-state index in [4.69, 9.17) is 5.73 Å². The second-order valence-electron chi connectivity index (χ2n) is 5.24. The van der Waals surface area contributed by atoms with Crippen LogP contribution in [-0.2, 0) is 6.54 Å². The van der Waals surface area contributed by atoms with Gasteiger partial charge in [0.2, 0.25) is 5.95 Å². The number of rotatable bonds is 3. The zero-order valence-electron chi connectivity index (χ0n) is 12.5. The van der Waals surface area contributed by atoms with Crippen LogP contribution in [-0.4, -0.2) is 15.9 Å². The molecule has 0 aliphatic rings. The van der Waals surface area contributed by atoms with Gasteiger partial charge in [-0.05, 0) is 18.6 Å². The van der Waals surface area contributed by atoms with Crippen molar-refractivity contribution in [1.29, 1.82) is 0 Å². The Kier molecular flexibility index (Phi) is 3.89. The highest BCUT2D eigenvalue weighted by atomic mass is 19.1. The minimum atomic E-state index is -0.538. The Labute approximate surface area is 132 Å². The van der Waals surface area contributed by atoms with E-state index in [0.717, 1.165) is 11.1 Å². The normalized spacial score (nSPS) is 10.7. The molecule has 1 heterocycles. The van der Waals surface area contributed by atoms with Crippen molar-refractivity contribution in [3.8, 4) is 0 Å². The predicted molar refractivity (Wildman–Crippen MR) is 86.3 cm³/mol. The lowest BCUT2D eigenvalue weighted by Gasteiger charge is -2.09. The first-order chi connectivity index (χ1) is 11.0. The molecule has 0 saturated carbocycles. The molecule has 1 amide bonds. The first-order valence-electron chi connectivity index (χ1n) is 7.10. The van der Waals surface area contributed by atoms with Crippen molar-refractivity contribution in [2.24, 2.45) is 0 Å². The number of benzene rings is 2. The summed E-state index contributed by atoms with van der Waals surface area (Å²) in [4.78, 5) is 20.2. The first-order valence-corrected chi connectivity index (χ1v) is 7.10. The third-order valence-corrected chi connectivity index (χ3v) is 3.45. The second kappa shape index (κ2) is 6.00. The van der Waals surface area contributed by atoms with Crippen LogP contribution < -0.4 is 11.1 Å². The van der Waals surface area contributed by atoms with Crippen molar-refractivity contribution in [2.45, 2.75) is 13.5 Å². The molecule has 0 fully saturated rings. The van der Waals surface area contributed by atoms with E-state index in [-0.39, 0.29) is 17.2 Å². The van der Waals surface area contributed by atoms with Gasteiger partial charge in [-0.2, -0.15) is 0 Å². The maximum Gasteiger partial charge on any atom is 0.271 e. The Morgan fingerprint density at radius 2 is 2.00 bits per heavy atom. The van der Waals surface area contributed by atoms with E-state index in [1.807, 2.05) is 31.2 Å². The van der Waals surface area contributed by atoms with Crippen LogP contribution in [0.4, 0.5) is 10.3 Å². The number of carbonyl (C=O) groups excluding carboxylic acids is 1. The highest BCUT2D eigenvalue weighted by Crippen LogP contribution is 2.19. The Morgan fingerprint density at radius 1 is 1.22 bits per heavy atom. The lowest BCUT2D eigenvalue weighted by molar-refractivity contribution is 0.0948. The average molecular weight is 310 g/mol. The summed E-state index contributed by atoms with van der Waals surface area (Å²) in [5.41, 5.74) is 7.78. The zero-order chi connectivity index (χ0) is 16.4. The van der Waals surface area contributed by atoms with Gasteiger partial charge in [-0.25, -0.2) is 14.4 Å². The topological polar surface area (TPSA) is 80.9 Å². The monoisotopic (exact) mass is 310 g/mol. The zero-order valence-corrected chi connectivity index (χ0v) is 12.5. The third-order valence-electron chi connectivity index (χ3n) is 3.45. The summed E-state index contributed by atoms with van der Waals surface area (Å²) in [7, 11) is 0. The van der Waals surface area contributed by atoms with Crippen LogP contribution in [0.5, 0.6) is 0 Å². The molecule has 0 unspecified atom stereocenters. The number of carbonyl (C=O) groups is 1. The van der Waals surface area contributed by atoms with Crippen LogP contribution in [0.3, 0.4) is 0 Å². The van der Waals surface area contributed by atoms with E-state index in [9.17, 15) is 9.18 Å². The number of hydrogen-bond donors (Lipinski definition) is 2. The van der Waals surface area contributed by atoms with Crippen LogP contribution in [0.1, 0.15) is 21.6 Å². The Hall–Kier alpha value is -3.02. The number of aryl methyl sites for hydroxylation is 1. The van der Waals surface area contributed by atoms with E-state index in [1.54, 1.807) is 6.07 Å². The molecule has 3 aromatic rings. The maximum atomic E-state index is 13.8. The number of nitrogens with one attached hydrogen (secondary N) is 1. The minimum Gasteiger partial charge on any atom is -0.368 e. The lowest BCUT2D eigenvalue weighted by Crippen LogP contribution is -2.24. The van der Waals surface area contributed by atoms with Gasteiger partial charge in [0.05, 0.1) is 0 Å². The standard InChI is InChI=1S/C17H15FN4O/c1-10-4-2-5-11(8-10)9-20-16(23)15-12-6-3-7-13(18)14(12)21-17(19)22-15/h2-8H,9H2,1H3,(H,20,23)(H2,19,21,22). The van der Waals surface area contributed by atoms with E-state index < -0.39 is 11.7 Å². The van der Waals surface area contributed by atoms with Crippen LogP contribution in [0.2, 0.25) is 0 Å². The smallest absolute Gasteiger partial charge is 0.271 e. The third kappa shape index (κ3) is 3.11. The number of nitrogen functional groups attached to an aromatic ring is 1. The molecule has 1 aromatic heterocycles. The number of anilines is 1. The first kappa shape index (κ1) is 14.9. The largest absolute Gasteiger partial charge is 0.368 e. The SMILES string of the molecule is Cc1cccc(CNC(=O)c2nc(N)nc3c(F)cccc23)c1. The van der Waals surface area contributed by atoms with Gasteiger partial charge in [-0.3, -0.25) is 4.79 Å². The summed E-state index contributed by atoms with van der Waals surface area (Å²) in [6, 6.07) is 12.2. The lowest BCUT2D eigenvalue weighted by atomic mass is 10.1. The number of hydrogen-bond acceptors (Lipinski definition) is 4. The van der Waals surface area contributed by atoms with Gasteiger partial charge in [-0.15, -0.1) is 0 Å². The van der Waals surface area contributed by atoms with Gasteiger partial charge in [0.1, 0.15) is 17.0 Å². The molecule has 0 aliphatic heterocycles. The molecule has 3 N–H and O–H groups in total. The van der Waals surface area contributed by atoms with Crippen molar-refractivity contribution in [3.63, 3.8) is 0 Å². The fourth-order valence-electron chi connectivity index (χ4n) is 2.40. The summed E-state index contributed by atoms with van der Waals surface area (Å²) >= 11 is 0. The van der Waals surface area contributed by atoms with Crippen molar-refractivity contribution < 1.29 is 9.18 Å². The summed E-state index contributed by atoms with van der Waals surface area (Å²) in [6.45, 7) is 2.33. The summed E-state index contributed by atoms with van der Waals surface area (Å²) < 4.78 is 13.8. The number of fused-ring (bicyclic) bond motifs is 1. The molecule has 0 radical (unpaired) electrons. The Bertz CT molecular complexity index is 895. The molecule has 0 spiro atoms. The highest BCUT2D eigenvalue weighted by molar-refractivity contribution is 6.04. The number of nitrogens with two attached hydrogens (primary N) is 1. The fraction of sp³-hybridized carbons (Fsp3) is 0.118. The molecule has 0 bridgehead atoms. The van der Waals surface area contributed by atoms with Crippen LogP contribution >= 0.6 is 0 Å². The number of nitrogens with zero attached hydrogens (tertiary/aromatic N) is 2. The second-order valence-corrected chi connectivity index (χ2v) is 5.24. The number of halogens is 1. The van der Waals surface area contributed by atoms with Gasteiger partial charge in [-0.1, -0.05) is 42.0 Å². The number of aromatic nitrogens is 2. The maximum absolute atomic E-state index is 13.8. The van der Waals surface area contributed by atoms with Crippen LogP contribution in [0.15, 0.2) is 42.5 Å². The van der Waals surface area contributed by atoms with Crippen LogP contribution in [0.25, 0.3) is 10.9 Å². The molecule has 2 aromatic carbocycles. The van der Waals surface area contributed by atoms with Crippen LogP contribution in [0, 0.1) is 12.7 Å². The van der Waals surface area contributed by atoms with Crippen molar-refractivity contribution in [3.05, 3.63) is 65.1 Å². The predicted octanol–water partition coefficient (Wildman–Crippen LogP) is 2.59. The molecule has 6 heteroatoms. The molecular formula is C17H15FN4O. The molecule has 3 rings (SSSR count). The summed E-state index contributed by atoms with van der Waals surface area (Å²) in [5.74, 6) is -1.09. The van der Waals surface area contributed by atoms with Gasteiger partial charge in [0, 0.05) is 11.9 Å². The molecule has 5 nitrogen and oxygen atoms in total. The van der Waals surface area contributed by atoms with Gasteiger partial charge in [0.25, 0.3) is 5.91 Å². The van der Waals surface area contributed by atoms with E-state index in [1.165, 1.54) is 12.1 Å². The summed E-state index contributed by atoms with van der Waals surface area (Å²) in [6.07, 6.45) is 0. The van der Waals surface area contributed by atoms with E-state index in [0.29, 0.717) is 11.9 Å². The summed E-state index contributed by atoms with van der Waals surface area (Å²) in [5, 5.41) is 3.11. The molecule has 0 saturated heterocycles. The minimum absolute atomic E-state index is 0.0423. The quantitative estimate of drug-likeness (QED) is 0.779. The molecular weight excluding hydrogens is 295 g/mol. The van der Waals surface area contributed by atoms with Gasteiger partial charge in [0.15, 0.2) is 0 Å². The van der Waals surface area contributed by atoms with Gasteiger partial charge >= 0.3 is 0 Å². The molecule has 116 valence electrons. The highest BCUT2D eigenvalue weighted by Gasteiger charge is 2.16.